The number of rotatable bonds is 3. The molecule has 0 aliphatic carbocycles. The highest BCUT2D eigenvalue weighted by atomic mass is 13.8. The maximum absolute atomic E-state index is 6.84. The van der Waals surface area contributed by atoms with Gasteiger partial charge >= 0.3 is 0 Å². The molecule has 0 aromatic carbocycles. The zero-order chi connectivity index (χ0) is 9.83. The molecule has 0 rings (SSSR count). The van der Waals surface area contributed by atoms with Crippen molar-refractivity contribution < 1.29 is 8.22 Å². The quantitative estimate of drug-likeness (QED) is 0.468. The van der Waals surface area contributed by atoms with E-state index in [1.165, 1.54) is 6.42 Å². The van der Waals surface area contributed by atoms with Gasteiger partial charge in [-0.1, -0.05) is 33.0 Å². The van der Waals surface area contributed by atoms with E-state index in [0.717, 1.165) is 0 Å². The van der Waals surface area contributed by atoms with Crippen LogP contribution in [0.1, 0.15) is 41.2 Å². The number of hydrogen-bond donors (Lipinski definition) is 0. The van der Waals surface area contributed by atoms with Gasteiger partial charge in [-0.25, -0.2) is 0 Å². The van der Waals surface area contributed by atoms with E-state index in [-0.39, 0.29) is 12.8 Å². The fraction of sp³-hybridized carbons (Fsp3) is 0.833. The zero-order valence-electron chi connectivity index (χ0n) is 9.70. The summed E-state index contributed by atoms with van der Waals surface area (Å²) >= 11 is 0. The minimum Gasteiger partial charge on any atom is -0.0654 e. The fourth-order valence-electron chi connectivity index (χ4n) is 0.204. The molecular formula is C6H13. The normalized spacial score (nSPS) is 28.0. The van der Waals surface area contributed by atoms with E-state index in [0.29, 0.717) is 6.42 Å². The minimum absolute atomic E-state index is 0.0108. The minimum atomic E-state index is -1.96. The molecule has 0 heterocycles. The highest BCUT2D eigenvalue weighted by Crippen LogP contribution is 1.93. The second-order valence-electron chi connectivity index (χ2n) is 1.03. The Morgan fingerprint density at radius 2 is 2.67 bits per heavy atom. The molecule has 0 heteroatoms. The molecule has 6 heavy (non-hydrogen) atoms. The molecule has 0 bridgehead atoms. The van der Waals surface area contributed by atoms with Crippen molar-refractivity contribution >= 4 is 0 Å². The second-order valence-corrected chi connectivity index (χ2v) is 1.03. The monoisotopic (exact) mass is 91.1 g/mol. The van der Waals surface area contributed by atoms with E-state index >= 15 is 0 Å². The van der Waals surface area contributed by atoms with Gasteiger partial charge in [0, 0.05) is 8.22 Å². The highest BCUT2D eigenvalue weighted by molar-refractivity contribution is 4.57. The maximum atomic E-state index is 6.84. The molecule has 0 fully saturated rings. The van der Waals surface area contributed by atoms with Crippen LogP contribution >= 0.6 is 0 Å². The maximum Gasteiger partial charge on any atom is 0.0230 e. The van der Waals surface area contributed by atoms with Gasteiger partial charge in [-0.15, -0.1) is 0 Å². The van der Waals surface area contributed by atoms with E-state index in [9.17, 15) is 0 Å². The van der Waals surface area contributed by atoms with Crippen molar-refractivity contribution in [1.82, 2.24) is 0 Å². The van der Waals surface area contributed by atoms with Gasteiger partial charge in [-0.2, -0.15) is 0 Å². The van der Waals surface area contributed by atoms with Gasteiger partial charge in [0.15, 0.2) is 0 Å². The van der Waals surface area contributed by atoms with Gasteiger partial charge < -0.3 is 0 Å². The van der Waals surface area contributed by atoms with E-state index in [1.807, 2.05) is 0 Å². The van der Waals surface area contributed by atoms with Crippen LogP contribution in [0.4, 0.5) is 0 Å². The molecule has 0 amide bonds. The molecule has 0 saturated heterocycles. The third-order valence-electron chi connectivity index (χ3n) is 0.493. The van der Waals surface area contributed by atoms with Crippen molar-refractivity contribution in [3.05, 3.63) is 6.42 Å². The van der Waals surface area contributed by atoms with Crippen LogP contribution in [0.5, 0.6) is 0 Å². The van der Waals surface area contributed by atoms with Crippen LogP contribution < -0.4 is 0 Å². The first kappa shape index (κ1) is 1.24. The van der Waals surface area contributed by atoms with Gasteiger partial charge in [0.1, 0.15) is 0 Å². The fourth-order valence-corrected chi connectivity index (χ4v) is 0.204. The van der Waals surface area contributed by atoms with Crippen molar-refractivity contribution in [2.24, 2.45) is 0 Å². The Balaban J connectivity index is 3.35. The molecular weight excluding hydrogens is 72.1 g/mol. The van der Waals surface area contributed by atoms with Crippen molar-refractivity contribution in [3.63, 3.8) is 0 Å². The van der Waals surface area contributed by atoms with Crippen LogP contribution in [-0.4, -0.2) is 0 Å². The largest absolute Gasteiger partial charge is 0.0654 e. The summed E-state index contributed by atoms with van der Waals surface area (Å²) in [6.45, 7) is -3.90. The van der Waals surface area contributed by atoms with Crippen LogP contribution in [-0.2, 0) is 0 Å². The molecule has 0 unspecified atom stereocenters. The predicted octanol–water partition coefficient (Wildman–Crippen LogP) is 2.40. The average Bonchev–Trinajstić information content (AvgIpc) is 1.76. The second kappa shape index (κ2) is 5.00. The number of hydrogen-bond acceptors (Lipinski definition) is 0. The Bertz CT molecular complexity index is 105. The lowest BCUT2D eigenvalue weighted by Gasteiger charge is -1.85. The summed E-state index contributed by atoms with van der Waals surface area (Å²) in [5, 5.41) is 0. The standard InChI is InChI=1S/C6H13/c1-3-5-6-4-2/h5H,3-4,6H2,1-2H3/i1D3,2D3. The van der Waals surface area contributed by atoms with Crippen molar-refractivity contribution in [1.29, 1.82) is 0 Å². The summed E-state index contributed by atoms with van der Waals surface area (Å²) in [6, 6.07) is 0. The molecule has 0 aliphatic rings. The van der Waals surface area contributed by atoms with Crippen molar-refractivity contribution in [3.8, 4) is 0 Å². The average molecular weight is 91.2 g/mol. The van der Waals surface area contributed by atoms with E-state index < -0.39 is 13.7 Å². The van der Waals surface area contributed by atoms with Gasteiger partial charge in [0.05, 0.1) is 0 Å². The van der Waals surface area contributed by atoms with Crippen LogP contribution in [0, 0.1) is 6.42 Å². The molecule has 0 aromatic heterocycles. The Morgan fingerprint density at radius 3 is 3.33 bits per heavy atom. The van der Waals surface area contributed by atoms with E-state index in [4.69, 9.17) is 8.22 Å². The van der Waals surface area contributed by atoms with Gasteiger partial charge in [-0.05, 0) is 6.42 Å². The third kappa shape index (κ3) is 4.00. The van der Waals surface area contributed by atoms with Crippen LogP contribution in [0.2, 0.25) is 0 Å². The molecule has 0 aromatic rings. The molecule has 0 saturated carbocycles. The lowest BCUT2D eigenvalue weighted by atomic mass is 10.2. The van der Waals surface area contributed by atoms with Gasteiger partial charge in [0.2, 0.25) is 0 Å². The topological polar surface area (TPSA) is 0 Å². The summed E-state index contributed by atoms with van der Waals surface area (Å²) < 4.78 is 41.0. The summed E-state index contributed by atoms with van der Waals surface area (Å²) in [5.41, 5.74) is 0. The lowest BCUT2D eigenvalue weighted by Crippen LogP contribution is -1.67. The van der Waals surface area contributed by atoms with Crippen LogP contribution in [0.25, 0.3) is 0 Å². The van der Waals surface area contributed by atoms with Gasteiger partial charge in [0.25, 0.3) is 0 Å². The van der Waals surface area contributed by atoms with E-state index in [2.05, 4.69) is 0 Å². The first-order valence-corrected chi connectivity index (χ1v) is 2.02. The molecule has 37 valence electrons. The Kier molecular flexibility index (Phi) is 1.03. The Hall–Kier alpha value is 0. The van der Waals surface area contributed by atoms with Gasteiger partial charge in [-0.3, -0.25) is 0 Å². The predicted molar refractivity (Wildman–Crippen MR) is 29.5 cm³/mol. The summed E-state index contributed by atoms with van der Waals surface area (Å²) in [6.07, 6.45) is 1.90. The molecule has 0 aliphatic heterocycles. The molecule has 0 N–H and O–H groups in total. The van der Waals surface area contributed by atoms with Crippen LogP contribution in [0.3, 0.4) is 0 Å². The molecule has 0 nitrogen and oxygen atoms in total. The van der Waals surface area contributed by atoms with Crippen LogP contribution in [0.15, 0.2) is 0 Å². The first-order chi connectivity index (χ1) is 5.21. The van der Waals surface area contributed by atoms with Crippen molar-refractivity contribution in [2.45, 2.75) is 33.0 Å². The molecule has 0 atom stereocenters. The molecule has 1 radical (unpaired) electrons. The zero-order valence-corrected chi connectivity index (χ0v) is 3.70. The summed E-state index contributed by atoms with van der Waals surface area (Å²) in [4.78, 5) is 0. The first-order valence-electron chi connectivity index (χ1n) is 5.02. The molecule has 0 spiro atoms. The SMILES string of the molecule is [2H]C([2H])([2H])C[CH]CCC([2H])([2H])[2H]. The summed E-state index contributed by atoms with van der Waals surface area (Å²) in [7, 11) is 0. The Labute approximate surface area is 49.0 Å². The van der Waals surface area contributed by atoms with Crippen molar-refractivity contribution in [2.75, 3.05) is 0 Å². The summed E-state index contributed by atoms with van der Waals surface area (Å²) in [5.74, 6) is 0. The highest BCUT2D eigenvalue weighted by Gasteiger charge is 1.75. The smallest absolute Gasteiger partial charge is 0.0230 e. The Morgan fingerprint density at radius 1 is 1.67 bits per heavy atom. The number of unbranched alkanes of at least 4 members (excludes halogenated alkanes) is 1. The third-order valence-corrected chi connectivity index (χ3v) is 0.493. The lowest BCUT2D eigenvalue weighted by molar-refractivity contribution is 0.852. The van der Waals surface area contributed by atoms with E-state index in [1.54, 1.807) is 0 Å².